The number of rotatable bonds is 5. The number of nitrogens with zero attached hydrogens (tertiary/aromatic N) is 1. The highest BCUT2D eigenvalue weighted by Crippen LogP contribution is 2.29. The molecule has 0 bridgehead atoms. The van der Waals surface area contributed by atoms with E-state index in [9.17, 15) is 0 Å². The summed E-state index contributed by atoms with van der Waals surface area (Å²) < 4.78 is 6.73. The fourth-order valence-electron chi connectivity index (χ4n) is 2.16. The van der Waals surface area contributed by atoms with Gasteiger partial charge in [0.15, 0.2) is 0 Å². The van der Waals surface area contributed by atoms with Crippen LogP contribution in [0.5, 0.6) is 0 Å². The van der Waals surface area contributed by atoms with Crippen LogP contribution >= 0.6 is 15.9 Å². The molecule has 0 amide bonds. The maximum Gasteiger partial charge on any atom is 0.123 e. The highest BCUT2D eigenvalue weighted by atomic mass is 79.9. The second kappa shape index (κ2) is 6.46. The fraction of sp³-hybridized carbons (Fsp3) is 0.375. The largest absolute Gasteiger partial charge is 0.464 e. The predicted octanol–water partition coefficient (Wildman–Crippen LogP) is 4.27. The Hall–Kier alpha value is -1.26. The molecule has 4 heteroatoms. The Kier molecular flexibility index (Phi) is 4.89. The van der Waals surface area contributed by atoms with Crippen LogP contribution in [0.4, 0.5) is 5.69 Å². The van der Waals surface area contributed by atoms with E-state index >= 15 is 0 Å². The zero-order chi connectivity index (χ0) is 14.7. The summed E-state index contributed by atoms with van der Waals surface area (Å²) in [6.07, 6.45) is 0. The van der Waals surface area contributed by atoms with Gasteiger partial charge >= 0.3 is 0 Å². The Morgan fingerprint density at radius 1 is 1.30 bits per heavy atom. The van der Waals surface area contributed by atoms with Crippen LogP contribution in [0.25, 0.3) is 0 Å². The number of benzene rings is 1. The fourth-order valence-corrected chi connectivity index (χ4v) is 2.86. The highest BCUT2D eigenvalue weighted by molar-refractivity contribution is 9.10. The summed E-state index contributed by atoms with van der Waals surface area (Å²) >= 11 is 3.66. The van der Waals surface area contributed by atoms with Gasteiger partial charge in [-0.1, -0.05) is 6.07 Å². The number of hydrogen-bond donors (Lipinski definition) is 1. The Bertz CT molecular complexity index is 580. The average molecular weight is 337 g/mol. The van der Waals surface area contributed by atoms with Gasteiger partial charge < -0.3 is 14.6 Å². The monoisotopic (exact) mass is 336 g/mol. The third-order valence-electron chi connectivity index (χ3n) is 3.51. The van der Waals surface area contributed by atoms with Gasteiger partial charge in [0, 0.05) is 17.6 Å². The molecular weight excluding hydrogens is 316 g/mol. The summed E-state index contributed by atoms with van der Waals surface area (Å²) in [5.41, 5.74) is 2.43. The van der Waals surface area contributed by atoms with Crippen LogP contribution in [-0.4, -0.2) is 14.1 Å². The lowest BCUT2D eigenvalue weighted by molar-refractivity contribution is 0.481. The second-order valence-corrected chi connectivity index (χ2v) is 5.94. The van der Waals surface area contributed by atoms with Gasteiger partial charge in [-0.2, -0.15) is 0 Å². The number of hydrogen-bond acceptors (Lipinski definition) is 3. The van der Waals surface area contributed by atoms with Crippen LogP contribution in [0.2, 0.25) is 0 Å². The van der Waals surface area contributed by atoms with Crippen LogP contribution in [0.3, 0.4) is 0 Å². The van der Waals surface area contributed by atoms with E-state index in [1.807, 2.05) is 26.1 Å². The zero-order valence-electron chi connectivity index (χ0n) is 12.4. The van der Waals surface area contributed by atoms with Gasteiger partial charge in [-0.3, -0.25) is 0 Å². The SMILES string of the molecule is CNC(C)c1ccc(N(C)Cc2ccc(C)o2)c(Br)c1. The number of halogens is 1. The first-order valence-electron chi connectivity index (χ1n) is 6.74. The maximum atomic E-state index is 5.63. The van der Waals surface area contributed by atoms with Crippen molar-refractivity contribution in [3.05, 3.63) is 51.9 Å². The minimum atomic E-state index is 0.346. The lowest BCUT2D eigenvalue weighted by Gasteiger charge is -2.21. The molecule has 20 heavy (non-hydrogen) atoms. The van der Waals surface area contributed by atoms with Crippen molar-refractivity contribution >= 4 is 21.6 Å². The smallest absolute Gasteiger partial charge is 0.123 e. The van der Waals surface area contributed by atoms with Crippen molar-refractivity contribution in [1.29, 1.82) is 0 Å². The molecule has 0 aliphatic heterocycles. The summed E-state index contributed by atoms with van der Waals surface area (Å²) in [5, 5.41) is 3.25. The van der Waals surface area contributed by atoms with Crippen LogP contribution in [0, 0.1) is 6.92 Å². The molecule has 3 nitrogen and oxygen atoms in total. The van der Waals surface area contributed by atoms with E-state index in [-0.39, 0.29) is 0 Å². The lowest BCUT2D eigenvalue weighted by Crippen LogP contribution is -2.17. The van der Waals surface area contributed by atoms with Crippen molar-refractivity contribution in [2.45, 2.75) is 26.4 Å². The second-order valence-electron chi connectivity index (χ2n) is 5.09. The minimum Gasteiger partial charge on any atom is -0.464 e. The molecule has 2 aromatic rings. The van der Waals surface area contributed by atoms with Gasteiger partial charge in [0.2, 0.25) is 0 Å². The number of aryl methyl sites for hydroxylation is 1. The molecule has 0 spiro atoms. The molecule has 1 unspecified atom stereocenters. The molecule has 2 rings (SSSR count). The Balaban J connectivity index is 2.15. The molecule has 0 fully saturated rings. The van der Waals surface area contributed by atoms with E-state index < -0.39 is 0 Å². The highest BCUT2D eigenvalue weighted by Gasteiger charge is 2.11. The summed E-state index contributed by atoms with van der Waals surface area (Å²) in [6.45, 7) is 4.87. The average Bonchev–Trinajstić information content (AvgIpc) is 2.82. The van der Waals surface area contributed by atoms with E-state index in [0.29, 0.717) is 6.04 Å². The number of furan rings is 1. The standard InChI is InChI=1S/C16H21BrN2O/c1-11-5-7-14(20-11)10-19(4)16-8-6-13(9-15(16)17)12(2)18-3/h5-9,12,18H,10H2,1-4H3. The molecule has 1 aromatic carbocycles. The summed E-state index contributed by atoms with van der Waals surface area (Å²) in [6, 6.07) is 10.8. The number of anilines is 1. The van der Waals surface area contributed by atoms with Crippen molar-refractivity contribution in [3.8, 4) is 0 Å². The van der Waals surface area contributed by atoms with Gasteiger partial charge in [-0.15, -0.1) is 0 Å². The normalized spacial score (nSPS) is 12.4. The van der Waals surface area contributed by atoms with E-state index in [1.54, 1.807) is 0 Å². The molecule has 1 atom stereocenters. The van der Waals surface area contributed by atoms with Crippen LogP contribution < -0.4 is 10.2 Å². The van der Waals surface area contributed by atoms with Crippen molar-refractivity contribution in [3.63, 3.8) is 0 Å². The Morgan fingerprint density at radius 2 is 2.05 bits per heavy atom. The first kappa shape index (κ1) is 15.1. The molecule has 1 aromatic heterocycles. The topological polar surface area (TPSA) is 28.4 Å². The molecule has 0 aliphatic carbocycles. The van der Waals surface area contributed by atoms with Gasteiger partial charge in [-0.25, -0.2) is 0 Å². The van der Waals surface area contributed by atoms with E-state index in [2.05, 4.69) is 58.3 Å². The summed E-state index contributed by atoms with van der Waals surface area (Å²) in [4.78, 5) is 2.18. The Morgan fingerprint density at radius 3 is 2.60 bits per heavy atom. The van der Waals surface area contributed by atoms with E-state index in [4.69, 9.17) is 4.42 Å². The van der Waals surface area contributed by atoms with Crippen LogP contribution in [-0.2, 0) is 6.54 Å². The Labute approximate surface area is 129 Å². The first-order chi connectivity index (χ1) is 9.51. The molecular formula is C16H21BrN2O. The van der Waals surface area contributed by atoms with Crippen molar-refractivity contribution in [2.75, 3.05) is 19.0 Å². The van der Waals surface area contributed by atoms with Crippen LogP contribution in [0.1, 0.15) is 30.0 Å². The molecule has 1 heterocycles. The van der Waals surface area contributed by atoms with Crippen LogP contribution in [0.15, 0.2) is 39.2 Å². The lowest BCUT2D eigenvalue weighted by atomic mass is 10.1. The quantitative estimate of drug-likeness (QED) is 0.883. The van der Waals surface area contributed by atoms with Crippen molar-refractivity contribution in [2.24, 2.45) is 0 Å². The number of nitrogens with one attached hydrogen (secondary N) is 1. The molecule has 0 saturated carbocycles. The molecule has 0 saturated heterocycles. The molecule has 108 valence electrons. The van der Waals surface area contributed by atoms with Crippen molar-refractivity contribution < 1.29 is 4.42 Å². The van der Waals surface area contributed by atoms with E-state index in [0.717, 1.165) is 28.2 Å². The van der Waals surface area contributed by atoms with Gasteiger partial charge in [0.25, 0.3) is 0 Å². The zero-order valence-corrected chi connectivity index (χ0v) is 14.0. The molecule has 0 aliphatic rings. The third kappa shape index (κ3) is 3.44. The van der Waals surface area contributed by atoms with Gasteiger partial charge in [0.1, 0.15) is 11.5 Å². The maximum absolute atomic E-state index is 5.63. The summed E-state index contributed by atoms with van der Waals surface area (Å²) in [7, 11) is 4.04. The first-order valence-corrected chi connectivity index (χ1v) is 7.53. The van der Waals surface area contributed by atoms with E-state index in [1.165, 1.54) is 5.56 Å². The predicted molar refractivity (Wildman–Crippen MR) is 87.2 cm³/mol. The van der Waals surface area contributed by atoms with Crippen molar-refractivity contribution in [1.82, 2.24) is 5.32 Å². The molecule has 0 radical (unpaired) electrons. The third-order valence-corrected chi connectivity index (χ3v) is 4.14. The minimum absolute atomic E-state index is 0.346. The van der Waals surface area contributed by atoms with Gasteiger partial charge in [-0.05, 0) is 66.7 Å². The van der Waals surface area contributed by atoms with Gasteiger partial charge in [0.05, 0.1) is 12.2 Å². The molecule has 1 N–H and O–H groups in total. The summed E-state index contributed by atoms with van der Waals surface area (Å²) in [5.74, 6) is 1.93.